The summed E-state index contributed by atoms with van der Waals surface area (Å²) in [6.07, 6.45) is 7.04. The van der Waals surface area contributed by atoms with Crippen LogP contribution in [0.15, 0.2) is 30.6 Å². The van der Waals surface area contributed by atoms with Gasteiger partial charge in [-0.1, -0.05) is 29.1 Å². The molecular weight excluding hydrogens is 507 g/mol. The van der Waals surface area contributed by atoms with Crippen molar-refractivity contribution in [2.24, 2.45) is 0 Å². The van der Waals surface area contributed by atoms with Crippen LogP contribution in [0.4, 0.5) is 11.5 Å². The number of nitrogens with one attached hydrogen (secondary N) is 1. The van der Waals surface area contributed by atoms with E-state index in [-0.39, 0.29) is 5.48 Å². The molecule has 1 saturated heterocycles. The fourth-order valence-electron chi connectivity index (χ4n) is 3.64. The van der Waals surface area contributed by atoms with Crippen molar-refractivity contribution in [2.45, 2.75) is 0 Å². The Morgan fingerprint density at radius 3 is 2.58 bits per heavy atom. The van der Waals surface area contributed by atoms with Crippen LogP contribution in [-0.4, -0.2) is 80.1 Å². The van der Waals surface area contributed by atoms with Crippen molar-refractivity contribution in [3.63, 3.8) is 0 Å². The van der Waals surface area contributed by atoms with Crippen molar-refractivity contribution in [1.29, 1.82) is 0 Å². The van der Waals surface area contributed by atoms with E-state index >= 15 is 0 Å². The zero-order valence-electron chi connectivity index (χ0n) is 19.9. The molecule has 192 valence electrons. The van der Waals surface area contributed by atoms with Crippen LogP contribution in [0.1, 0.15) is 5.56 Å². The summed E-state index contributed by atoms with van der Waals surface area (Å²) in [6, 6.07) is 7.14. The summed E-state index contributed by atoms with van der Waals surface area (Å²) < 4.78 is 22.6. The highest BCUT2D eigenvalue weighted by molar-refractivity contribution is 6.38. The standard InChI is InChI=1S/C25H26Cl2N4O4.H2O/c1-3-17-19(26)4-5-20(24(17)27)30-25-18-14-22(34-11-8-31-6-9-33-10-7-31)23(35-13-12-32-2)15-21(18)28-16-29-25;/h1,4-5,14-16H,6-13H2,2H3,(H,28,29,30);1H2. The maximum absolute atomic E-state index is 6.48. The molecule has 0 amide bonds. The summed E-state index contributed by atoms with van der Waals surface area (Å²) in [5.41, 5.74) is 1.68. The van der Waals surface area contributed by atoms with Gasteiger partial charge in [-0.05, 0) is 18.2 Å². The minimum absolute atomic E-state index is 0. The Morgan fingerprint density at radius 2 is 1.83 bits per heavy atom. The topological polar surface area (TPSA) is 109 Å². The first-order chi connectivity index (χ1) is 17.1. The molecule has 2 heterocycles. The largest absolute Gasteiger partial charge is 0.488 e. The second kappa shape index (κ2) is 13.5. The minimum atomic E-state index is 0. The first kappa shape index (κ1) is 27.7. The van der Waals surface area contributed by atoms with Crippen LogP contribution in [0.25, 0.3) is 10.9 Å². The summed E-state index contributed by atoms with van der Waals surface area (Å²) >= 11 is 12.6. The fourth-order valence-corrected chi connectivity index (χ4v) is 4.17. The van der Waals surface area contributed by atoms with Crippen molar-refractivity contribution >= 4 is 45.6 Å². The van der Waals surface area contributed by atoms with Crippen LogP contribution >= 0.6 is 23.2 Å². The van der Waals surface area contributed by atoms with Crippen molar-refractivity contribution < 1.29 is 24.4 Å². The quantitative estimate of drug-likeness (QED) is 0.310. The zero-order chi connectivity index (χ0) is 24.6. The maximum Gasteiger partial charge on any atom is 0.163 e. The van der Waals surface area contributed by atoms with Gasteiger partial charge in [-0.3, -0.25) is 4.90 Å². The third kappa shape index (κ3) is 6.68. The summed E-state index contributed by atoms with van der Waals surface area (Å²) in [5.74, 6) is 4.24. The molecule has 1 aliphatic rings. The molecule has 2 aromatic carbocycles. The molecule has 0 bridgehead atoms. The molecule has 0 aliphatic carbocycles. The lowest BCUT2D eigenvalue weighted by atomic mass is 10.1. The number of ether oxygens (including phenoxy) is 4. The predicted octanol–water partition coefficient (Wildman–Crippen LogP) is 3.57. The van der Waals surface area contributed by atoms with Crippen LogP contribution < -0.4 is 14.8 Å². The summed E-state index contributed by atoms with van der Waals surface area (Å²) in [5, 5.41) is 4.73. The molecule has 1 aromatic heterocycles. The Labute approximate surface area is 219 Å². The Hall–Kier alpha value is -2.84. The van der Waals surface area contributed by atoms with Gasteiger partial charge in [0.05, 0.1) is 46.6 Å². The molecule has 4 rings (SSSR count). The number of anilines is 2. The number of fused-ring (bicyclic) bond motifs is 1. The van der Waals surface area contributed by atoms with E-state index in [2.05, 4.69) is 26.1 Å². The highest BCUT2D eigenvalue weighted by Crippen LogP contribution is 2.37. The van der Waals surface area contributed by atoms with Crippen molar-refractivity contribution in [3.8, 4) is 23.8 Å². The van der Waals surface area contributed by atoms with Gasteiger partial charge in [0, 0.05) is 38.2 Å². The van der Waals surface area contributed by atoms with Gasteiger partial charge in [-0.15, -0.1) is 6.42 Å². The highest BCUT2D eigenvalue weighted by Gasteiger charge is 2.16. The van der Waals surface area contributed by atoms with Crippen molar-refractivity contribution in [3.05, 3.63) is 46.2 Å². The number of morpholine rings is 1. The number of halogens is 2. The fraction of sp³-hybridized carbons (Fsp3) is 0.360. The number of hydrogen-bond acceptors (Lipinski definition) is 8. The molecule has 0 saturated carbocycles. The lowest BCUT2D eigenvalue weighted by Crippen LogP contribution is -2.38. The molecule has 9 nitrogen and oxygen atoms in total. The van der Waals surface area contributed by atoms with Gasteiger partial charge in [0.15, 0.2) is 11.5 Å². The van der Waals surface area contributed by atoms with E-state index in [4.69, 9.17) is 48.6 Å². The van der Waals surface area contributed by atoms with Gasteiger partial charge in [0.25, 0.3) is 0 Å². The van der Waals surface area contributed by atoms with E-state index in [1.807, 2.05) is 12.1 Å². The molecule has 0 atom stereocenters. The molecule has 3 N–H and O–H groups in total. The molecule has 0 unspecified atom stereocenters. The predicted molar refractivity (Wildman–Crippen MR) is 141 cm³/mol. The summed E-state index contributed by atoms with van der Waals surface area (Å²) in [6.45, 7) is 5.37. The van der Waals surface area contributed by atoms with Crippen molar-refractivity contribution in [1.82, 2.24) is 14.9 Å². The van der Waals surface area contributed by atoms with E-state index in [0.29, 0.717) is 64.0 Å². The third-order valence-corrected chi connectivity index (χ3v) is 6.21. The average Bonchev–Trinajstić information content (AvgIpc) is 2.87. The number of aromatic nitrogens is 2. The second-order valence-electron chi connectivity index (χ2n) is 7.74. The lowest BCUT2D eigenvalue weighted by molar-refractivity contribution is 0.0320. The van der Waals surface area contributed by atoms with E-state index in [9.17, 15) is 0 Å². The van der Waals surface area contributed by atoms with Crippen LogP contribution in [-0.2, 0) is 9.47 Å². The van der Waals surface area contributed by atoms with E-state index in [0.717, 1.165) is 38.2 Å². The van der Waals surface area contributed by atoms with Crippen molar-refractivity contribution in [2.75, 3.05) is 65.1 Å². The molecule has 3 aromatic rings. The summed E-state index contributed by atoms with van der Waals surface area (Å²) in [7, 11) is 1.63. The van der Waals surface area contributed by atoms with Gasteiger partial charge in [-0.2, -0.15) is 0 Å². The third-order valence-electron chi connectivity index (χ3n) is 5.50. The first-order valence-corrected chi connectivity index (χ1v) is 11.9. The van der Waals surface area contributed by atoms with Crippen LogP contribution in [0, 0.1) is 12.3 Å². The number of rotatable bonds is 10. The normalized spacial score (nSPS) is 13.6. The molecule has 0 radical (unpaired) electrons. The number of terminal acetylenes is 1. The monoisotopic (exact) mass is 534 g/mol. The number of nitrogens with zero attached hydrogens (tertiary/aromatic N) is 3. The van der Waals surface area contributed by atoms with Gasteiger partial charge in [0.2, 0.25) is 0 Å². The highest BCUT2D eigenvalue weighted by atomic mass is 35.5. The van der Waals surface area contributed by atoms with Gasteiger partial charge >= 0.3 is 0 Å². The summed E-state index contributed by atoms with van der Waals surface area (Å²) in [4.78, 5) is 11.1. The zero-order valence-corrected chi connectivity index (χ0v) is 21.4. The smallest absolute Gasteiger partial charge is 0.163 e. The molecule has 0 spiro atoms. The van der Waals surface area contributed by atoms with Crippen LogP contribution in [0.2, 0.25) is 10.0 Å². The van der Waals surface area contributed by atoms with Gasteiger partial charge < -0.3 is 29.7 Å². The SMILES string of the molecule is C#Cc1c(Cl)ccc(Nc2ncnc3cc(OCCOC)c(OCCN4CCOCC4)cc23)c1Cl.O. The Morgan fingerprint density at radius 1 is 1.08 bits per heavy atom. The molecular formula is C25H28Cl2N4O5. The second-order valence-corrected chi connectivity index (χ2v) is 8.52. The van der Waals surface area contributed by atoms with Gasteiger partial charge in [-0.25, -0.2) is 9.97 Å². The number of hydrogen-bond donors (Lipinski definition) is 1. The van der Waals surface area contributed by atoms with Crippen LogP contribution in [0.5, 0.6) is 11.5 Å². The number of methoxy groups -OCH3 is 1. The Bertz CT molecular complexity index is 1220. The average molecular weight is 535 g/mol. The number of benzene rings is 2. The van der Waals surface area contributed by atoms with E-state index < -0.39 is 0 Å². The van der Waals surface area contributed by atoms with E-state index in [1.165, 1.54) is 6.33 Å². The molecule has 1 aliphatic heterocycles. The molecule has 36 heavy (non-hydrogen) atoms. The maximum atomic E-state index is 6.48. The minimum Gasteiger partial charge on any atom is -0.488 e. The lowest BCUT2D eigenvalue weighted by Gasteiger charge is -2.26. The Balaban J connectivity index is 0.00000361. The van der Waals surface area contributed by atoms with E-state index in [1.54, 1.807) is 19.2 Å². The Kier molecular flexibility index (Phi) is 10.4. The van der Waals surface area contributed by atoms with Crippen LogP contribution in [0.3, 0.4) is 0 Å². The van der Waals surface area contributed by atoms with Gasteiger partial charge in [0.1, 0.15) is 25.4 Å². The molecule has 1 fully saturated rings. The first-order valence-electron chi connectivity index (χ1n) is 11.2. The molecule has 11 heteroatoms.